The van der Waals surface area contributed by atoms with E-state index in [-0.39, 0.29) is 0 Å². The van der Waals surface area contributed by atoms with Gasteiger partial charge in [-0.05, 0) is 30.7 Å². The van der Waals surface area contributed by atoms with Crippen LogP contribution in [0.4, 0.5) is 5.69 Å². The molecular formula is C13H12N4. The maximum absolute atomic E-state index is 8.99. The van der Waals surface area contributed by atoms with Crippen molar-refractivity contribution >= 4 is 5.69 Å². The standard InChI is InChI=1S/C13H12N4/c1-10-2-3-11(7-14)13(6-10)16-8-12-4-5-15-9-17-12/h2-6,9,16H,8H2,1H3. The quantitative estimate of drug-likeness (QED) is 0.868. The maximum atomic E-state index is 8.99. The van der Waals surface area contributed by atoms with Crippen molar-refractivity contribution in [1.29, 1.82) is 5.26 Å². The number of hydrogen-bond acceptors (Lipinski definition) is 4. The molecule has 0 bridgehead atoms. The molecule has 0 spiro atoms. The van der Waals surface area contributed by atoms with Gasteiger partial charge in [-0.15, -0.1) is 0 Å². The van der Waals surface area contributed by atoms with Crippen LogP contribution in [-0.4, -0.2) is 9.97 Å². The van der Waals surface area contributed by atoms with Crippen LogP contribution in [0, 0.1) is 18.3 Å². The Kier molecular flexibility index (Phi) is 3.31. The minimum Gasteiger partial charge on any atom is -0.378 e. The van der Waals surface area contributed by atoms with Gasteiger partial charge in [0, 0.05) is 6.20 Å². The van der Waals surface area contributed by atoms with Gasteiger partial charge in [-0.1, -0.05) is 6.07 Å². The number of benzene rings is 1. The Balaban J connectivity index is 2.14. The molecular weight excluding hydrogens is 212 g/mol. The van der Waals surface area contributed by atoms with E-state index in [1.165, 1.54) is 6.33 Å². The summed E-state index contributed by atoms with van der Waals surface area (Å²) in [5, 5.41) is 12.2. The van der Waals surface area contributed by atoms with Gasteiger partial charge in [0.05, 0.1) is 23.5 Å². The molecule has 0 saturated carbocycles. The van der Waals surface area contributed by atoms with E-state index in [2.05, 4.69) is 21.4 Å². The molecule has 0 aliphatic carbocycles. The molecule has 4 heteroatoms. The summed E-state index contributed by atoms with van der Waals surface area (Å²) in [6, 6.07) is 9.71. The first kappa shape index (κ1) is 11.1. The van der Waals surface area contributed by atoms with Gasteiger partial charge < -0.3 is 5.32 Å². The van der Waals surface area contributed by atoms with Crippen molar-refractivity contribution in [2.75, 3.05) is 5.32 Å². The van der Waals surface area contributed by atoms with E-state index in [4.69, 9.17) is 5.26 Å². The molecule has 0 radical (unpaired) electrons. The van der Waals surface area contributed by atoms with Crippen LogP contribution in [0.15, 0.2) is 36.8 Å². The van der Waals surface area contributed by atoms with Gasteiger partial charge in [0.25, 0.3) is 0 Å². The van der Waals surface area contributed by atoms with Gasteiger partial charge in [0.2, 0.25) is 0 Å². The highest BCUT2D eigenvalue weighted by Crippen LogP contribution is 2.17. The molecule has 2 aromatic rings. The molecule has 1 aromatic carbocycles. The summed E-state index contributed by atoms with van der Waals surface area (Å²) in [6.07, 6.45) is 3.21. The number of hydrogen-bond donors (Lipinski definition) is 1. The van der Waals surface area contributed by atoms with E-state index in [9.17, 15) is 0 Å². The van der Waals surface area contributed by atoms with Crippen molar-refractivity contribution in [3.05, 3.63) is 53.6 Å². The fraction of sp³-hybridized carbons (Fsp3) is 0.154. The molecule has 17 heavy (non-hydrogen) atoms. The highest BCUT2D eigenvalue weighted by atomic mass is 14.9. The lowest BCUT2D eigenvalue weighted by Gasteiger charge is -2.08. The van der Waals surface area contributed by atoms with Crippen LogP contribution in [0.1, 0.15) is 16.8 Å². The molecule has 0 atom stereocenters. The van der Waals surface area contributed by atoms with E-state index < -0.39 is 0 Å². The van der Waals surface area contributed by atoms with Crippen LogP contribution < -0.4 is 5.32 Å². The first-order valence-corrected chi connectivity index (χ1v) is 5.29. The van der Waals surface area contributed by atoms with Crippen LogP contribution in [-0.2, 0) is 6.54 Å². The second-order valence-corrected chi connectivity index (χ2v) is 3.72. The molecule has 1 N–H and O–H groups in total. The van der Waals surface area contributed by atoms with Gasteiger partial charge in [0.15, 0.2) is 0 Å². The van der Waals surface area contributed by atoms with Crippen molar-refractivity contribution in [2.45, 2.75) is 13.5 Å². The summed E-state index contributed by atoms with van der Waals surface area (Å²) in [6.45, 7) is 2.58. The molecule has 0 amide bonds. The molecule has 0 fully saturated rings. The number of aromatic nitrogens is 2. The van der Waals surface area contributed by atoms with Gasteiger partial charge >= 0.3 is 0 Å². The van der Waals surface area contributed by atoms with Gasteiger partial charge in [-0.3, -0.25) is 0 Å². The van der Waals surface area contributed by atoms with Gasteiger partial charge in [0.1, 0.15) is 12.4 Å². The lowest BCUT2D eigenvalue weighted by molar-refractivity contribution is 1.01. The largest absolute Gasteiger partial charge is 0.378 e. The number of anilines is 1. The van der Waals surface area contributed by atoms with Crippen molar-refractivity contribution < 1.29 is 0 Å². The number of nitriles is 1. The van der Waals surface area contributed by atoms with E-state index in [0.717, 1.165) is 16.9 Å². The Morgan fingerprint density at radius 3 is 2.94 bits per heavy atom. The fourth-order valence-corrected chi connectivity index (χ4v) is 1.51. The highest BCUT2D eigenvalue weighted by Gasteiger charge is 2.02. The van der Waals surface area contributed by atoms with Crippen molar-refractivity contribution in [2.24, 2.45) is 0 Å². The lowest BCUT2D eigenvalue weighted by atomic mass is 10.1. The molecule has 1 aromatic heterocycles. The average Bonchev–Trinajstić information content (AvgIpc) is 2.38. The third kappa shape index (κ3) is 2.79. The first-order valence-electron chi connectivity index (χ1n) is 5.29. The predicted molar refractivity (Wildman–Crippen MR) is 65.3 cm³/mol. The Morgan fingerprint density at radius 2 is 2.24 bits per heavy atom. The van der Waals surface area contributed by atoms with Crippen molar-refractivity contribution in [3.8, 4) is 6.07 Å². The van der Waals surface area contributed by atoms with Crippen molar-refractivity contribution in [3.63, 3.8) is 0 Å². The van der Waals surface area contributed by atoms with E-state index in [1.54, 1.807) is 6.20 Å². The monoisotopic (exact) mass is 224 g/mol. The molecule has 2 rings (SSSR count). The smallest absolute Gasteiger partial charge is 0.115 e. The molecule has 0 aliphatic rings. The lowest BCUT2D eigenvalue weighted by Crippen LogP contribution is -2.03. The predicted octanol–water partition coefficient (Wildman–Crippen LogP) is 2.27. The number of nitrogens with one attached hydrogen (secondary N) is 1. The zero-order valence-electron chi connectivity index (χ0n) is 9.51. The number of rotatable bonds is 3. The molecule has 1 heterocycles. The zero-order valence-corrected chi connectivity index (χ0v) is 9.51. The normalized spacial score (nSPS) is 9.65. The minimum atomic E-state index is 0.584. The summed E-state index contributed by atoms with van der Waals surface area (Å²) in [7, 11) is 0. The summed E-state index contributed by atoms with van der Waals surface area (Å²) in [4.78, 5) is 7.97. The summed E-state index contributed by atoms with van der Waals surface area (Å²) < 4.78 is 0. The van der Waals surface area contributed by atoms with E-state index in [1.807, 2.05) is 31.2 Å². The van der Waals surface area contributed by atoms with Gasteiger partial charge in [-0.2, -0.15) is 5.26 Å². The summed E-state index contributed by atoms with van der Waals surface area (Å²) in [5.74, 6) is 0. The Bertz CT molecular complexity index is 543. The van der Waals surface area contributed by atoms with Crippen LogP contribution >= 0.6 is 0 Å². The van der Waals surface area contributed by atoms with E-state index >= 15 is 0 Å². The van der Waals surface area contributed by atoms with Gasteiger partial charge in [-0.25, -0.2) is 9.97 Å². The molecule has 0 unspecified atom stereocenters. The Hall–Kier alpha value is -2.41. The Morgan fingerprint density at radius 1 is 1.35 bits per heavy atom. The fourth-order valence-electron chi connectivity index (χ4n) is 1.51. The Labute approximate surface area is 100.0 Å². The second-order valence-electron chi connectivity index (χ2n) is 3.72. The molecule has 0 aliphatic heterocycles. The van der Waals surface area contributed by atoms with Crippen molar-refractivity contribution in [1.82, 2.24) is 9.97 Å². The SMILES string of the molecule is Cc1ccc(C#N)c(NCc2ccncn2)c1. The number of aryl methyl sites for hydroxylation is 1. The summed E-state index contributed by atoms with van der Waals surface area (Å²) >= 11 is 0. The summed E-state index contributed by atoms with van der Waals surface area (Å²) in [5.41, 5.74) is 3.50. The first-order chi connectivity index (χ1) is 8.29. The van der Waals surface area contributed by atoms with Crippen LogP contribution in [0.2, 0.25) is 0 Å². The van der Waals surface area contributed by atoms with Crippen LogP contribution in [0.3, 0.4) is 0 Å². The third-order valence-corrected chi connectivity index (χ3v) is 2.40. The van der Waals surface area contributed by atoms with E-state index in [0.29, 0.717) is 12.1 Å². The molecule has 4 nitrogen and oxygen atoms in total. The molecule has 84 valence electrons. The average molecular weight is 224 g/mol. The maximum Gasteiger partial charge on any atom is 0.115 e. The third-order valence-electron chi connectivity index (χ3n) is 2.40. The van der Waals surface area contributed by atoms with Crippen LogP contribution in [0.5, 0.6) is 0 Å². The topological polar surface area (TPSA) is 61.6 Å². The number of nitrogens with zero attached hydrogens (tertiary/aromatic N) is 3. The molecule has 0 saturated heterocycles. The minimum absolute atomic E-state index is 0.584. The highest BCUT2D eigenvalue weighted by molar-refractivity contribution is 5.58. The van der Waals surface area contributed by atoms with Crippen LogP contribution in [0.25, 0.3) is 0 Å². The zero-order chi connectivity index (χ0) is 12.1. The second kappa shape index (κ2) is 5.08.